The third-order valence-corrected chi connectivity index (χ3v) is 2.50. The number of imidazole rings is 1. The Labute approximate surface area is 87.9 Å². The van der Waals surface area contributed by atoms with Crippen LogP contribution in [-0.2, 0) is 23.0 Å². The quantitative estimate of drug-likeness (QED) is 0.612. The Morgan fingerprint density at radius 3 is 2.71 bits per heavy atom. The zero-order valence-electron chi connectivity index (χ0n) is 8.59. The van der Waals surface area contributed by atoms with E-state index >= 15 is 0 Å². The molecule has 0 saturated heterocycles. The van der Waals surface area contributed by atoms with E-state index in [4.69, 9.17) is 17.0 Å². The second kappa shape index (κ2) is 4.41. The summed E-state index contributed by atoms with van der Waals surface area (Å²) in [7, 11) is 1.86. The molecule has 0 bridgehead atoms. The van der Waals surface area contributed by atoms with Gasteiger partial charge in [-0.3, -0.25) is 4.79 Å². The maximum atomic E-state index is 11.2. The van der Waals surface area contributed by atoms with Gasteiger partial charge < -0.3 is 14.3 Å². The minimum Gasteiger partial charge on any atom is -0.466 e. The van der Waals surface area contributed by atoms with Crippen LogP contribution in [-0.4, -0.2) is 22.1 Å². The van der Waals surface area contributed by atoms with E-state index < -0.39 is 0 Å². The van der Waals surface area contributed by atoms with E-state index in [0.717, 1.165) is 11.4 Å². The van der Waals surface area contributed by atoms with Gasteiger partial charge in [-0.2, -0.15) is 0 Å². The van der Waals surface area contributed by atoms with Crippen LogP contribution >= 0.6 is 12.2 Å². The summed E-state index contributed by atoms with van der Waals surface area (Å²) >= 11 is 5.03. The standard InChI is InChI=1S/C9H14N2O2S/c1-4-13-8(12)5-7-6(2)11(3)9(14)10-7/h4-5H2,1-3H3,(H,10,14). The molecule has 0 aliphatic rings. The lowest BCUT2D eigenvalue weighted by molar-refractivity contribution is -0.142. The van der Waals surface area contributed by atoms with Gasteiger partial charge in [-0.05, 0) is 26.1 Å². The lowest BCUT2D eigenvalue weighted by Gasteiger charge is -2.01. The first-order valence-corrected chi connectivity index (χ1v) is 4.87. The van der Waals surface area contributed by atoms with Crippen molar-refractivity contribution in [2.45, 2.75) is 20.3 Å². The van der Waals surface area contributed by atoms with Gasteiger partial charge in [0, 0.05) is 18.4 Å². The van der Waals surface area contributed by atoms with Gasteiger partial charge in [0.2, 0.25) is 0 Å². The van der Waals surface area contributed by atoms with Crippen LogP contribution in [0.15, 0.2) is 0 Å². The van der Waals surface area contributed by atoms with E-state index in [1.165, 1.54) is 0 Å². The van der Waals surface area contributed by atoms with Gasteiger partial charge in [-0.25, -0.2) is 0 Å². The molecule has 1 aromatic heterocycles. The van der Waals surface area contributed by atoms with Crippen molar-refractivity contribution in [3.05, 3.63) is 16.2 Å². The number of esters is 1. The molecule has 0 radical (unpaired) electrons. The highest BCUT2D eigenvalue weighted by atomic mass is 32.1. The highest BCUT2D eigenvalue weighted by molar-refractivity contribution is 7.71. The van der Waals surface area contributed by atoms with Crippen molar-refractivity contribution in [1.29, 1.82) is 0 Å². The van der Waals surface area contributed by atoms with E-state index in [0.29, 0.717) is 11.4 Å². The Morgan fingerprint density at radius 1 is 1.64 bits per heavy atom. The van der Waals surface area contributed by atoms with Gasteiger partial charge in [0.15, 0.2) is 4.77 Å². The molecule has 0 aliphatic carbocycles. The largest absolute Gasteiger partial charge is 0.466 e. The van der Waals surface area contributed by atoms with Gasteiger partial charge >= 0.3 is 5.97 Å². The number of nitrogens with zero attached hydrogens (tertiary/aromatic N) is 1. The van der Waals surface area contributed by atoms with Crippen LogP contribution < -0.4 is 0 Å². The van der Waals surface area contributed by atoms with Crippen LogP contribution in [0.3, 0.4) is 0 Å². The predicted octanol–water partition coefficient (Wildman–Crippen LogP) is 1.50. The van der Waals surface area contributed by atoms with Crippen molar-refractivity contribution in [2.24, 2.45) is 7.05 Å². The predicted molar refractivity (Wildman–Crippen MR) is 55.7 cm³/mol. The van der Waals surface area contributed by atoms with Crippen LogP contribution in [0.1, 0.15) is 18.3 Å². The molecule has 0 atom stereocenters. The lowest BCUT2D eigenvalue weighted by atomic mass is 10.2. The third kappa shape index (κ3) is 2.23. The molecular weight excluding hydrogens is 200 g/mol. The summed E-state index contributed by atoms with van der Waals surface area (Å²) in [5.41, 5.74) is 1.80. The molecule has 0 saturated carbocycles. The summed E-state index contributed by atoms with van der Waals surface area (Å²) < 4.78 is 7.31. The number of hydrogen-bond donors (Lipinski definition) is 1. The molecule has 1 N–H and O–H groups in total. The number of carbonyl (C=O) groups excluding carboxylic acids is 1. The van der Waals surface area contributed by atoms with Gasteiger partial charge in [-0.15, -0.1) is 0 Å². The molecule has 1 heterocycles. The zero-order valence-corrected chi connectivity index (χ0v) is 9.40. The van der Waals surface area contributed by atoms with Crippen LogP contribution in [0.2, 0.25) is 0 Å². The molecule has 78 valence electrons. The fraction of sp³-hybridized carbons (Fsp3) is 0.556. The monoisotopic (exact) mass is 214 g/mol. The molecule has 0 aromatic carbocycles. The Bertz CT molecular complexity index is 392. The summed E-state index contributed by atoms with van der Waals surface area (Å²) in [5.74, 6) is -0.229. The molecule has 0 unspecified atom stereocenters. The van der Waals surface area contributed by atoms with Crippen LogP contribution in [0, 0.1) is 11.7 Å². The molecule has 1 rings (SSSR count). The Balaban J connectivity index is 2.82. The molecule has 4 nitrogen and oxygen atoms in total. The highest BCUT2D eigenvalue weighted by Crippen LogP contribution is 2.07. The van der Waals surface area contributed by atoms with E-state index in [9.17, 15) is 4.79 Å². The van der Waals surface area contributed by atoms with Gasteiger partial charge in [0.1, 0.15) is 0 Å². The van der Waals surface area contributed by atoms with E-state index in [2.05, 4.69) is 4.98 Å². The average molecular weight is 214 g/mol. The molecule has 0 spiro atoms. The molecule has 1 aromatic rings. The maximum Gasteiger partial charge on any atom is 0.311 e. The fourth-order valence-electron chi connectivity index (χ4n) is 1.19. The van der Waals surface area contributed by atoms with Crippen LogP contribution in [0.25, 0.3) is 0 Å². The summed E-state index contributed by atoms with van der Waals surface area (Å²) in [4.78, 5) is 14.2. The third-order valence-electron chi connectivity index (χ3n) is 2.13. The smallest absolute Gasteiger partial charge is 0.311 e. The van der Waals surface area contributed by atoms with Crippen molar-refractivity contribution in [1.82, 2.24) is 9.55 Å². The van der Waals surface area contributed by atoms with Crippen molar-refractivity contribution < 1.29 is 9.53 Å². The average Bonchev–Trinajstić information content (AvgIpc) is 2.34. The number of rotatable bonds is 3. The zero-order chi connectivity index (χ0) is 10.7. The summed E-state index contributed by atoms with van der Waals surface area (Å²) in [6, 6.07) is 0. The topological polar surface area (TPSA) is 47.0 Å². The van der Waals surface area contributed by atoms with Crippen molar-refractivity contribution in [3.8, 4) is 0 Å². The second-order valence-electron chi connectivity index (χ2n) is 3.03. The number of aromatic nitrogens is 2. The first kappa shape index (κ1) is 11.0. The number of nitrogens with one attached hydrogen (secondary N) is 1. The van der Waals surface area contributed by atoms with Crippen LogP contribution in [0.5, 0.6) is 0 Å². The van der Waals surface area contributed by atoms with Gasteiger partial charge in [0.25, 0.3) is 0 Å². The number of aromatic amines is 1. The summed E-state index contributed by atoms with van der Waals surface area (Å²) in [6.07, 6.45) is 0.254. The first-order chi connectivity index (χ1) is 6.56. The number of ether oxygens (including phenoxy) is 1. The summed E-state index contributed by atoms with van der Waals surface area (Å²) in [6.45, 7) is 4.12. The van der Waals surface area contributed by atoms with Gasteiger partial charge in [-0.1, -0.05) is 0 Å². The maximum absolute atomic E-state index is 11.2. The normalized spacial score (nSPS) is 10.2. The second-order valence-corrected chi connectivity index (χ2v) is 3.42. The Morgan fingerprint density at radius 2 is 2.29 bits per heavy atom. The first-order valence-electron chi connectivity index (χ1n) is 4.46. The molecule has 5 heteroatoms. The van der Waals surface area contributed by atoms with Crippen molar-refractivity contribution in [2.75, 3.05) is 6.61 Å². The number of hydrogen-bond acceptors (Lipinski definition) is 3. The number of H-pyrrole nitrogens is 1. The lowest BCUT2D eigenvalue weighted by Crippen LogP contribution is -2.08. The SMILES string of the molecule is CCOC(=O)Cc1[nH]c(=S)n(C)c1C. The molecular formula is C9H14N2O2S. The van der Waals surface area contributed by atoms with Gasteiger partial charge in [0.05, 0.1) is 13.0 Å². The van der Waals surface area contributed by atoms with E-state index in [1.807, 2.05) is 18.5 Å². The summed E-state index contributed by atoms with van der Waals surface area (Å²) in [5, 5.41) is 0. The number of carbonyl (C=O) groups is 1. The van der Waals surface area contributed by atoms with Crippen molar-refractivity contribution in [3.63, 3.8) is 0 Å². The molecule has 0 aliphatic heterocycles. The Hall–Kier alpha value is -1.10. The van der Waals surface area contributed by atoms with Crippen molar-refractivity contribution >= 4 is 18.2 Å². The minimum atomic E-state index is -0.229. The van der Waals surface area contributed by atoms with E-state index in [1.54, 1.807) is 6.92 Å². The molecule has 0 fully saturated rings. The van der Waals surface area contributed by atoms with E-state index in [-0.39, 0.29) is 12.4 Å². The minimum absolute atomic E-state index is 0.229. The Kier molecular flexibility index (Phi) is 3.46. The molecule has 14 heavy (non-hydrogen) atoms. The molecule has 0 amide bonds. The fourth-order valence-corrected chi connectivity index (χ4v) is 1.45. The highest BCUT2D eigenvalue weighted by Gasteiger charge is 2.10. The van der Waals surface area contributed by atoms with Crippen LogP contribution in [0.4, 0.5) is 0 Å².